The minimum absolute atomic E-state index is 0.0458. The molecular weight excluding hydrogens is 495 g/mol. The van der Waals surface area contributed by atoms with Gasteiger partial charge in [0.15, 0.2) is 0 Å². The quantitative estimate of drug-likeness (QED) is 0.590. The molecule has 0 radical (unpaired) electrons. The van der Waals surface area contributed by atoms with Gasteiger partial charge >= 0.3 is 6.18 Å². The number of hydrogen-bond donors (Lipinski definition) is 2. The Morgan fingerprint density at radius 2 is 1.82 bits per heavy atom. The molecule has 0 aliphatic carbocycles. The van der Waals surface area contributed by atoms with Crippen molar-refractivity contribution < 1.29 is 23.1 Å². The molecule has 2 aromatic rings. The number of benzene rings is 2. The fourth-order valence-electron chi connectivity index (χ4n) is 5.43. The van der Waals surface area contributed by atoms with Crippen molar-refractivity contribution in [2.45, 2.75) is 44.9 Å². The van der Waals surface area contributed by atoms with E-state index in [1.807, 2.05) is 50.2 Å². The number of carbonyl (C=O) groups is 1. The highest BCUT2D eigenvalue weighted by Crippen LogP contribution is 2.28. The predicted molar refractivity (Wildman–Crippen MR) is 140 cm³/mol. The Morgan fingerprint density at radius 3 is 2.47 bits per heavy atom. The summed E-state index contributed by atoms with van der Waals surface area (Å²) in [6.07, 6.45) is -2.62. The van der Waals surface area contributed by atoms with Crippen molar-refractivity contribution in [3.8, 4) is 6.07 Å². The maximum absolute atomic E-state index is 13.4. The van der Waals surface area contributed by atoms with E-state index in [0.29, 0.717) is 11.1 Å². The van der Waals surface area contributed by atoms with E-state index in [2.05, 4.69) is 16.3 Å². The molecule has 4 rings (SSSR count). The maximum Gasteiger partial charge on any atom is 0.401 e. The number of carbonyl (C=O) groups excluding carboxylic acids is 1. The number of amides is 1. The van der Waals surface area contributed by atoms with Crippen molar-refractivity contribution in [2.75, 3.05) is 56.1 Å². The highest BCUT2D eigenvalue weighted by molar-refractivity contribution is 5.97. The van der Waals surface area contributed by atoms with Crippen molar-refractivity contribution in [2.24, 2.45) is 0 Å². The smallest absolute Gasteiger partial charge is 0.395 e. The Balaban J connectivity index is 1.42. The average molecular weight is 530 g/mol. The molecule has 7 nitrogen and oxygen atoms in total. The molecule has 1 amide bonds. The number of nitrogens with zero attached hydrogens (tertiary/aromatic N) is 4. The minimum atomic E-state index is -4.36. The van der Waals surface area contributed by atoms with Crippen LogP contribution in [0.15, 0.2) is 36.4 Å². The van der Waals surface area contributed by atoms with E-state index in [-0.39, 0.29) is 31.6 Å². The van der Waals surface area contributed by atoms with Crippen LogP contribution in [-0.4, -0.2) is 84.9 Å². The number of hydrogen-bond acceptors (Lipinski definition) is 6. The lowest BCUT2D eigenvalue weighted by Crippen LogP contribution is -2.58. The van der Waals surface area contributed by atoms with Gasteiger partial charge in [0.2, 0.25) is 0 Å². The molecule has 0 bridgehead atoms. The Labute approximate surface area is 221 Å². The van der Waals surface area contributed by atoms with Crippen molar-refractivity contribution in [3.63, 3.8) is 0 Å². The lowest BCUT2D eigenvalue weighted by molar-refractivity contribution is -0.156. The summed E-state index contributed by atoms with van der Waals surface area (Å²) < 4.78 is 38.7. The van der Waals surface area contributed by atoms with Gasteiger partial charge in [-0.25, -0.2) is 0 Å². The Bertz CT molecular complexity index is 1190. The molecule has 2 aliphatic heterocycles. The normalized spacial score (nSPS) is 19.3. The van der Waals surface area contributed by atoms with Crippen LogP contribution in [0.5, 0.6) is 0 Å². The molecule has 10 heteroatoms. The summed E-state index contributed by atoms with van der Waals surface area (Å²) in [6.45, 7) is 4.18. The Morgan fingerprint density at radius 1 is 1.11 bits per heavy atom. The molecule has 0 saturated carbocycles. The van der Waals surface area contributed by atoms with Gasteiger partial charge in [-0.3, -0.25) is 9.69 Å². The summed E-state index contributed by atoms with van der Waals surface area (Å²) in [5, 5.41) is 22.7. The molecule has 0 spiro atoms. The number of para-hydroxylation sites is 1. The lowest BCUT2D eigenvalue weighted by Gasteiger charge is -2.41. The largest absolute Gasteiger partial charge is 0.401 e. The molecule has 2 heterocycles. The number of halogens is 3. The number of nitriles is 1. The van der Waals surface area contributed by atoms with Gasteiger partial charge < -0.3 is 20.2 Å². The Kier molecular flexibility index (Phi) is 8.48. The summed E-state index contributed by atoms with van der Waals surface area (Å²) in [6, 6.07) is 13.1. The number of aliphatic hydroxyl groups is 1. The van der Waals surface area contributed by atoms with Crippen LogP contribution >= 0.6 is 0 Å². The molecule has 2 fully saturated rings. The number of nitrogens with one attached hydrogen (secondary N) is 1. The highest BCUT2D eigenvalue weighted by Gasteiger charge is 2.37. The van der Waals surface area contributed by atoms with Crippen molar-refractivity contribution >= 4 is 17.3 Å². The first-order valence-corrected chi connectivity index (χ1v) is 12.9. The number of aliphatic hydroxyl groups excluding tert-OH is 1. The second kappa shape index (κ2) is 11.6. The molecule has 1 atom stereocenters. The van der Waals surface area contributed by atoms with Crippen LogP contribution in [0, 0.1) is 25.2 Å². The van der Waals surface area contributed by atoms with Crippen LogP contribution in [0.1, 0.15) is 39.9 Å². The van der Waals surface area contributed by atoms with Crippen LogP contribution in [0.25, 0.3) is 0 Å². The van der Waals surface area contributed by atoms with Gasteiger partial charge in [-0.1, -0.05) is 18.2 Å². The molecule has 2 aromatic carbocycles. The molecule has 204 valence electrons. The van der Waals surface area contributed by atoms with E-state index in [1.54, 1.807) is 4.90 Å². The van der Waals surface area contributed by atoms with Gasteiger partial charge in [-0.2, -0.15) is 18.4 Å². The second-order valence-electron chi connectivity index (χ2n) is 10.2. The average Bonchev–Trinajstić information content (AvgIpc) is 2.89. The van der Waals surface area contributed by atoms with E-state index in [0.717, 1.165) is 48.4 Å². The molecule has 2 aliphatic rings. The fraction of sp³-hybridized carbons (Fsp3) is 0.500. The number of piperidine rings is 1. The standard InChI is InChI=1S/C28H34F3N5O2/c1-19-13-20(2)25(33-22-7-9-34(10-8-22)26-6-4-3-5-21(26)15-32)14-24(19)27(38)35-11-12-36(18-28(29,30)31)23(16-35)17-37/h3-6,13-14,22-23,33,37H,7-12,16-18H2,1-2H3/t23-/m1/s1. The third-order valence-corrected chi connectivity index (χ3v) is 7.51. The lowest BCUT2D eigenvalue weighted by atomic mass is 9.99. The summed E-state index contributed by atoms with van der Waals surface area (Å²) in [5.74, 6) is -0.237. The van der Waals surface area contributed by atoms with Crippen LogP contribution in [0.4, 0.5) is 24.5 Å². The van der Waals surface area contributed by atoms with Gasteiger partial charge in [-0.15, -0.1) is 0 Å². The monoisotopic (exact) mass is 529 g/mol. The summed E-state index contributed by atoms with van der Waals surface area (Å²) in [7, 11) is 0. The van der Waals surface area contributed by atoms with Gasteiger partial charge in [0.25, 0.3) is 5.91 Å². The zero-order valence-electron chi connectivity index (χ0n) is 21.8. The first kappa shape index (κ1) is 27.7. The van der Waals surface area contributed by atoms with Crippen LogP contribution in [0.3, 0.4) is 0 Å². The molecule has 2 saturated heterocycles. The first-order valence-electron chi connectivity index (χ1n) is 12.9. The molecule has 0 aromatic heterocycles. The fourth-order valence-corrected chi connectivity index (χ4v) is 5.43. The zero-order valence-corrected chi connectivity index (χ0v) is 21.8. The summed E-state index contributed by atoms with van der Waals surface area (Å²) >= 11 is 0. The molecule has 2 N–H and O–H groups in total. The second-order valence-corrected chi connectivity index (χ2v) is 10.2. The third-order valence-electron chi connectivity index (χ3n) is 7.51. The van der Waals surface area contributed by atoms with E-state index < -0.39 is 25.4 Å². The van der Waals surface area contributed by atoms with Crippen LogP contribution in [-0.2, 0) is 0 Å². The number of anilines is 2. The van der Waals surface area contributed by atoms with Gasteiger partial charge in [0.1, 0.15) is 6.07 Å². The predicted octanol–water partition coefficient (Wildman–Crippen LogP) is 3.94. The van der Waals surface area contributed by atoms with Crippen LogP contribution < -0.4 is 10.2 Å². The highest BCUT2D eigenvalue weighted by atomic mass is 19.4. The number of piperazine rings is 1. The van der Waals surface area contributed by atoms with Gasteiger partial charge in [0.05, 0.1) is 30.4 Å². The first-order chi connectivity index (χ1) is 18.1. The Hall–Kier alpha value is -3.29. The van der Waals surface area contributed by atoms with Gasteiger partial charge in [-0.05, 0) is 56.0 Å². The van der Waals surface area contributed by atoms with E-state index in [1.165, 1.54) is 4.90 Å². The van der Waals surface area contributed by atoms with E-state index in [9.17, 15) is 28.3 Å². The number of rotatable bonds is 6. The molecular formula is C28H34F3N5O2. The molecule has 0 unspecified atom stereocenters. The van der Waals surface area contributed by atoms with Crippen LogP contribution in [0.2, 0.25) is 0 Å². The number of aryl methyl sites for hydroxylation is 2. The van der Waals surface area contributed by atoms with Gasteiger partial charge in [0, 0.05) is 50.0 Å². The van der Waals surface area contributed by atoms with E-state index in [4.69, 9.17) is 0 Å². The SMILES string of the molecule is Cc1cc(C)c(C(=O)N2CCN(CC(F)(F)F)[C@@H](CO)C2)cc1NC1CCN(c2ccccc2C#N)CC1. The van der Waals surface area contributed by atoms with Crippen molar-refractivity contribution in [1.29, 1.82) is 5.26 Å². The number of alkyl halides is 3. The van der Waals surface area contributed by atoms with Crippen molar-refractivity contribution in [1.82, 2.24) is 9.80 Å². The third kappa shape index (κ3) is 6.40. The zero-order chi connectivity index (χ0) is 27.4. The minimum Gasteiger partial charge on any atom is -0.395 e. The summed E-state index contributed by atoms with van der Waals surface area (Å²) in [5.41, 5.74) is 4.81. The van der Waals surface area contributed by atoms with Crippen molar-refractivity contribution in [3.05, 3.63) is 58.7 Å². The summed E-state index contributed by atoms with van der Waals surface area (Å²) in [4.78, 5) is 18.4. The molecule has 38 heavy (non-hydrogen) atoms. The topological polar surface area (TPSA) is 82.8 Å². The van der Waals surface area contributed by atoms with E-state index >= 15 is 0 Å². The maximum atomic E-state index is 13.4.